The molecule has 4 N–H and O–H groups in total. The number of hydrogen-bond acceptors (Lipinski definition) is 6. The van der Waals surface area contributed by atoms with E-state index in [2.05, 4.69) is 4.99 Å². The van der Waals surface area contributed by atoms with Crippen molar-refractivity contribution in [3.63, 3.8) is 0 Å². The highest BCUT2D eigenvalue weighted by Gasteiger charge is 2.20. The maximum atomic E-state index is 11.9. The lowest BCUT2D eigenvalue weighted by Crippen LogP contribution is -2.42. The topological polar surface area (TPSA) is 131 Å². The van der Waals surface area contributed by atoms with Crippen molar-refractivity contribution in [2.45, 2.75) is 52.3 Å². The number of benzene rings is 1. The zero-order valence-corrected chi connectivity index (χ0v) is 21.0. The molecule has 0 aliphatic carbocycles. The van der Waals surface area contributed by atoms with Gasteiger partial charge in [0.25, 0.3) is 6.73 Å². The van der Waals surface area contributed by atoms with Crippen LogP contribution in [0.4, 0.5) is 5.69 Å². The summed E-state index contributed by atoms with van der Waals surface area (Å²) in [5.74, 6) is 0.495. The predicted molar refractivity (Wildman–Crippen MR) is 136 cm³/mol. The Morgan fingerprint density at radius 1 is 1.14 bits per heavy atom. The average molecular weight is 502 g/mol. The van der Waals surface area contributed by atoms with Gasteiger partial charge in [-0.2, -0.15) is 9.83 Å². The number of aromatic nitrogens is 1. The average Bonchev–Trinajstić information content (AvgIpc) is 2.85. The molecule has 0 spiro atoms. The Hall–Kier alpha value is -3.35. The Balaban J connectivity index is 1.81. The SMILES string of the molecule is CC(C)[C@@H](N)C(=O)OC[n+]1ccc(N(CCCCCCOc2ccc(Cl)cc2)C(N)=NC#N)cc1. The van der Waals surface area contributed by atoms with Crippen molar-refractivity contribution in [2.75, 3.05) is 18.1 Å². The Labute approximate surface area is 211 Å². The predicted octanol–water partition coefficient (Wildman–Crippen LogP) is 3.35. The van der Waals surface area contributed by atoms with Gasteiger partial charge in [-0.3, -0.25) is 4.79 Å². The lowest BCUT2D eigenvalue weighted by Gasteiger charge is -2.22. The number of halogens is 1. The fourth-order valence-electron chi connectivity index (χ4n) is 3.16. The number of hydrogen-bond donors (Lipinski definition) is 2. The van der Waals surface area contributed by atoms with E-state index >= 15 is 0 Å². The minimum atomic E-state index is -0.656. The maximum Gasteiger partial charge on any atom is 0.327 e. The number of guanidine groups is 1. The largest absolute Gasteiger partial charge is 0.494 e. The first-order valence-electron chi connectivity index (χ1n) is 11.6. The van der Waals surface area contributed by atoms with Crippen LogP contribution >= 0.6 is 11.6 Å². The van der Waals surface area contributed by atoms with Crippen molar-refractivity contribution < 1.29 is 18.8 Å². The third-order valence-electron chi connectivity index (χ3n) is 5.33. The molecule has 1 aromatic heterocycles. The van der Waals surface area contributed by atoms with Crippen LogP contribution in [-0.2, 0) is 16.3 Å². The van der Waals surface area contributed by atoms with E-state index in [1.54, 1.807) is 40.2 Å². The van der Waals surface area contributed by atoms with Crippen LogP contribution in [0.3, 0.4) is 0 Å². The van der Waals surface area contributed by atoms with Crippen LogP contribution in [0.5, 0.6) is 5.75 Å². The zero-order valence-electron chi connectivity index (χ0n) is 20.3. The maximum absolute atomic E-state index is 11.9. The van der Waals surface area contributed by atoms with Gasteiger partial charge in [0.1, 0.15) is 11.8 Å². The summed E-state index contributed by atoms with van der Waals surface area (Å²) in [6.45, 7) is 5.03. The van der Waals surface area contributed by atoms with Crippen LogP contribution in [-0.4, -0.2) is 31.1 Å². The number of pyridine rings is 1. The molecule has 0 saturated heterocycles. The molecule has 0 saturated carbocycles. The van der Waals surface area contributed by atoms with Gasteiger partial charge in [-0.25, -0.2) is 0 Å². The smallest absolute Gasteiger partial charge is 0.327 e. The molecule has 10 heteroatoms. The van der Waals surface area contributed by atoms with Crippen molar-refractivity contribution in [2.24, 2.45) is 22.4 Å². The summed E-state index contributed by atoms with van der Waals surface area (Å²) < 4.78 is 12.7. The molecule has 1 atom stereocenters. The molecule has 1 aromatic carbocycles. The van der Waals surface area contributed by atoms with Gasteiger partial charge in [-0.15, -0.1) is 4.99 Å². The van der Waals surface area contributed by atoms with Gasteiger partial charge in [0.2, 0.25) is 12.2 Å². The van der Waals surface area contributed by atoms with E-state index in [-0.39, 0.29) is 18.6 Å². The van der Waals surface area contributed by atoms with Gasteiger partial charge in [-0.05, 0) is 43.0 Å². The molecular formula is C25H34ClN6O3+. The van der Waals surface area contributed by atoms with Crippen LogP contribution < -0.4 is 25.7 Å². The molecule has 1 heterocycles. The summed E-state index contributed by atoms with van der Waals surface area (Å²) in [4.78, 5) is 17.4. The van der Waals surface area contributed by atoms with Crippen molar-refractivity contribution in [3.8, 4) is 11.9 Å². The summed E-state index contributed by atoms with van der Waals surface area (Å²) >= 11 is 5.88. The number of nitrogens with zero attached hydrogens (tertiary/aromatic N) is 4. The third kappa shape index (κ3) is 9.81. The highest BCUT2D eigenvalue weighted by molar-refractivity contribution is 6.30. The number of nitriles is 1. The van der Waals surface area contributed by atoms with E-state index < -0.39 is 12.0 Å². The Bertz CT molecular complexity index is 990. The van der Waals surface area contributed by atoms with Gasteiger partial charge in [0, 0.05) is 23.7 Å². The first-order valence-corrected chi connectivity index (χ1v) is 12.0. The highest BCUT2D eigenvalue weighted by atomic mass is 35.5. The minimum absolute atomic E-state index is 0.00170. The lowest BCUT2D eigenvalue weighted by atomic mass is 10.1. The van der Waals surface area contributed by atoms with Gasteiger partial charge < -0.3 is 25.8 Å². The van der Waals surface area contributed by atoms with E-state index in [0.717, 1.165) is 37.1 Å². The number of unbranched alkanes of at least 4 members (excludes halogenated alkanes) is 3. The Morgan fingerprint density at radius 2 is 1.80 bits per heavy atom. The Morgan fingerprint density at radius 3 is 2.43 bits per heavy atom. The summed E-state index contributed by atoms with van der Waals surface area (Å²) in [6.07, 6.45) is 9.03. The minimum Gasteiger partial charge on any atom is -0.494 e. The van der Waals surface area contributed by atoms with Crippen molar-refractivity contribution >= 4 is 29.2 Å². The van der Waals surface area contributed by atoms with Crippen LogP contribution in [0.1, 0.15) is 39.5 Å². The third-order valence-corrected chi connectivity index (χ3v) is 5.58. The van der Waals surface area contributed by atoms with E-state index in [9.17, 15) is 4.79 Å². The second-order valence-corrected chi connectivity index (χ2v) is 8.81. The van der Waals surface area contributed by atoms with E-state index in [1.807, 2.05) is 38.1 Å². The number of aliphatic imine (C=N–C) groups is 1. The Kier molecular flexibility index (Phi) is 11.8. The molecule has 0 aliphatic rings. The van der Waals surface area contributed by atoms with Crippen LogP contribution in [0, 0.1) is 17.4 Å². The summed E-state index contributed by atoms with van der Waals surface area (Å²) in [6, 6.07) is 10.3. The molecule has 9 nitrogen and oxygen atoms in total. The monoisotopic (exact) mass is 501 g/mol. The first-order chi connectivity index (χ1) is 16.8. The molecule has 0 radical (unpaired) electrons. The number of ether oxygens (including phenoxy) is 2. The summed E-state index contributed by atoms with van der Waals surface area (Å²) in [5, 5.41) is 9.62. The summed E-state index contributed by atoms with van der Waals surface area (Å²) in [7, 11) is 0. The number of rotatable bonds is 13. The van der Waals surface area contributed by atoms with E-state index in [4.69, 9.17) is 37.8 Å². The number of carbonyl (C=O) groups is 1. The van der Waals surface area contributed by atoms with Gasteiger partial charge >= 0.3 is 5.97 Å². The second kappa shape index (κ2) is 14.8. The molecule has 188 valence electrons. The van der Waals surface area contributed by atoms with Gasteiger partial charge in [0.15, 0.2) is 12.4 Å². The quantitative estimate of drug-likeness (QED) is 0.107. The molecule has 0 fully saturated rings. The summed E-state index contributed by atoms with van der Waals surface area (Å²) in [5.41, 5.74) is 12.6. The molecule has 2 rings (SSSR count). The number of esters is 1. The first kappa shape index (κ1) is 27.9. The van der Waals surface area contributed by atoms with Crippen molar-refractivity contribution in [3.05, 3.63) is 53.8 Å². The van der Waals surface area contributed by atoms with Crippen LogP contribution in [0.2, 0.25) is 5.02 Å². The number of anilines is 1. The van der Waals surface area contributed by atoms with Gasteiger partial charge in [0.05, 0.1) is 12.3 Å². The normalized spacial score (nSPS) is 12.2. The molecule has 2 aromatic rings. The van der Waals surface area contributed by atoms with Crippen LogP contribution in [0.15, 0.2) is 53.8 Å². The second-order valence-electron chi connectivity index (χ2n) is 8.37. The van der Waals surface area contributed by atoms with Crippen molar-refractivity contribution in [1.29, 1.82) is 5.26 Å². The highest BCUT2D eigenvalue weighted by Crippen LogP contribution is 2.17. The number of nitrogens with two attached hydrogens (primary N) is 2. The molecule has 0 aliphatic heterocycles. The molecule has 0 bridgehead atoms. The fraction of sp³-hybridized carbons (Fsp3) is 0.440. The zero-order chi connectivity index (χ0) is 25.6. The number of carbonyl (C=O) groups excluding carboxylic acids is 1. The van der Waals surface area contributed by atoms with E-state index in [1.165, 1.54) is 0 Å². The lowest BCUT2D eigenvalue weighted by molar-refractivity contribution is -0.727. The molecular weight excluding hydrogens is 468 g/mol. The molecule has 0 amide bonds. The fourth-order valence-corrected chi connectivity index (χ4v) is 3.28. The van der Waals surface area contributed by atoms with Crippen molar-refractivity contribution in [1.82, 2.24) is 0 Å². The molecule has 35 heavy (non-hydrogen) atoms. The molecule has 0 unspecified atom stereocenters. The van der Waals surface area contributed by atoms with E-state index in [0.29, 0.717) is 18.2 Å². The van der Waals surface area contributed by atoms with Gasteiger partial charge in [-0.1, -0.05) is 38.3 Å². The van der Waals surface area contributed by atoms with Crippen LogP contribution in [0.25, 0.3) is 0 Å². The standard InChI is InChI=1S/C25H34ClN6O3/c1-19(2)23(28)24(33)35-18-31-14-11-21(12-15-31)32(25(29)30-17-27)13-5-3-4-6-16-34-22-9-7-20(26)8-10-22/h7-12,14-15,19,23H,3-6,13,16,18,28H2,1-2H3,(H2,29,30)/q+1/t23-/m1/s1.